The zero-order valence-electron chi connectivity index (χ0n) is 9.55. The number of nitrogens with zero attached hydrogens (tertiary/aromatic N) is 1. The van der Waals surface area contributed by atoms with E-state index >= 15 is 0 Å². The van der Waals surface area contributed by atoms with Crippen LogP contribution in [0.3, 0.4) is 0 Å². The zero-order chi connectivity index (χ0) is 10.9. The van der Waals surface area contributed by atoms with Crippen molar-refractivity contribution < 1.29 is 9.52 Å². The number of aryl methyl sites for hydroxylation is 1. The molecule has 0 aliphatic heterocycles. The van der Waals surface area contributed by atoms with E-state index in [-0.39, 0.29) is 12.0 Å². The highest BCUT2D eigenvalue weighted by Gasteiger charge is 2.33. The van der Waals surface area contributed by atoms with Crippen LogP contribution < -0.4 is 0 Å². The van der Waals surface area contributed by atoms with Crippen molar-refractivity contribution in [2.24, 2.45) is 0 Å². The maximum atomic E-state index is 9.09. The Morgan fingerprint density at radius 3 is 2.53 bits per heavy atom. The number of aromatic nitrogens is 1. The maximum absolute atomic E-state index is 9.09. The first-order valence-electron chi connectivity index (χ1n) is 5.73. The molecular weight excluding hydrogens is 190 g/mol. The lowest BCUT2D eigenvalue weighted by molar-refractivity contribution is 0.254. The molecule has 2 rings (SSSR count). The highest BCUT2D eigenvalue weighted by Crippen LogP contribution is 2.38. The molecule has 1 heterocycles. The van der Waals surface area contributed by atoms with E-state index in [0.717, 1.165) is 24.5 Å². The van der Waals surface area contributed by atoms with Crippen LogP contribution >= 0.6 is 0 Å². The molecule has 1 saturated carbocycles. The predicted molar refractivity (Wildman–Crippen MR) is 57.6 cm³/mol. The van der Waals surface area contributed by atoms with Gasteiger partial charge >= 0.3 is 0 Å². The fourth-order valence-electron chi connectivity index (χ4n) is 2.38. The summed E-state index contributed by atoms with van der Waals surface area (Å²) in [7, 11) is 0. The minimum absolute atomic E-state index is 0.0224. The molecule has 0 amide bonds. The third-order valence-electron chi connectivity index (χ3n) is 3.52. The highest BCUT2D eigenvalue weighted by atomic mass is 16.4. The summed E-state index contributed by atoms with van der Waals surface area (Å²) in [6.07, 6.45) is 6.14. The Hall–Kier alpha value is -0.830. The molecule has 15 heavy (non-hydrogen) atoms. The van der Waals surface area contributed by atoms with E-state index < -0.39 is 0 Å². The molecule has 1 aromatic rings. The average Bonchev–Trinajstić information content (AvgIpc) is 2.61. The van der Waals surface area contributed by atoms with Gasteiger partial charge in [-0.15, -0.1) is 0 Å². The van der Waals surface area contributed by atoms with Gasteiger partial charge in [-0.3, -0.25) is 0 Å². The Kier molecular flexibility index (Phi) is 2.83. The number of oxazole rings is 1. The first-order chi connectivity index (χ1) is 7.15. The minimum atomic E-state index is -0.0224. The van der Waals surface area contributed by atoms with Crippen LogP contribution in [0.25, 0.3) is 0 Å². The summed E-state index contributed by atoms with van der Waals surface area (Å²) in [6.45, 7) is 4.07. The minimum Gasteiger partial charge on any atom is -0.445 e. The molecule has 84 valence electrons. The van der Waals surface area contributed by atoms with Gasteiger partial charge in [0.2, 0.25) is 5.89 Å². The summed E-state index contributed by atoms with van der Waals surface area (Å²) in [5.41, 5.74) is 0.785. The lowest BCUT2D eigenvalue weighted by Crippen LogP contribution is -2.25. The molecule has 0 bridgehead atoms. The molecule has 0 aromatic carbocycles. The lowest BCUT2D eigenvalue weighted by Gasteiger charge is -2.30. The van der Waals surface area contributed by atoms with Gasteiger partial charge in [0.25, 0.3) is 0 Å². The summed E-state index contributed by atoms with van der Waals surface area (Å²) >= 11 is 0. The molecule has 1 N–H and O–H groups in total. The molecule has 1 aliphatic carbocycles. The summed E-state index contributed by atoms with van der Waals surface area (Å²) in [5, 5.41) is 9.09. The van der Waals surface area contributed by atoms with Crippen molar-refractivity contribution in [3.05, 3.63) is 17.3 Å². The first-order valence-corrected chi connectivity index (χ1v) is 5.73. The Morgan fingerprint density at radius 1 is 1.33 bits per heavy atom. The Bertz CT molecular complexity index is 337. The lowest BCUT2D eigenvalue weighted by atomic mass is 9.76. The summed E-state index contributed by atoms with van der Waals surface area (Å²) in [5.74, 6) is 1.59. The van der Waals surface area contributed by atoms with Crippen LogP contribution in [-0.2, 0) is 12.0 Å². The highest BCUT2D eigenvalue weighted by molar-refractivity contribution is 5.13. The fourth-order valence-corrected chi connectivity index (χ4v) is 2.38. The number of hydrogen-bond donors (Lipinski definition) is 1. The Labute approximate surface area is 90.5 Å². The number of rotatable bonds is 2. The van der Waals surface area contributed by atoms with Gasteiger partial charge in [-0.2, -0.15) is 0 Å². The molecule has 3 nitrogen and oxygen atoms in total. The van der Waals surface area contributed by atoms with Crippen LogP contribution in [0.2, 0.25) is 0 Å². The van der Waals surface area contributed by atoms with Crippen molar-refractivity contribution in [2.45, 2.75) is 58.0 Å². The molecule has 1 fully saturated rings. The number of aliphatic hydroxyl groups is 1. The van der Waals surface area contributed by atoms with Gasteiger partial charge in [0.15, 0.2) is 0 Å². The molecule has 1 aliphatic rings. The largest absolute Gasteiger partial charge is 0.445 e. The molecule has 3 heteroatoms. The predicted octanol–water partition coefficient (Wildman–Crippen LogP) is 2.70. The quantitative estimate of drug-likeness (QED) is 0.814. The molecule has 0 radical (unpaired) electrons. The standard InChI is InChI=1S/C12H19NO2/c1-9-10(8-14)13-11(15-9)12(2)6-4-3-5-7-12/h14H,3-8H2,1-2H3. The second-order valence-electron chi connectivity index (χ2n) is 4.80. The summed E-state index contributed by atoms with van der Waals surface area (Å²) in [6, 6.07) is 0. The van der Waals surface area contributed by atoms with Gasteiger partial charge in [0, 0.05) is 5.41 Å². The Morgan fingerprint density at radius 2 is 2.00 bits per heavy atom. The van der Waals surface area contributed by atoms with E-state index in [9.17, 15) is 0 Å². The van der Waals surface area contributed by atoms with Gasteiger partial charge in [0.1, 0.15) is 11.5 Å². The maximum Gasteiger partial charge on any atom is 0.200 e. The SMILES string of the molecule is Cc1oc(C2(C)CCCCC2)nc1CO. The van der Waals surface area contributed by atoms with Gasteiger partial charge in [-0.1, -0.05) is 26.2 Å². The van der Waals surface area contributed by atoms with Crippen molar-refractivity contribution in [3.63, 3.8) is 0 Å². The van der Waals surface area contributed by atoms with E-state index in [1.165, 1.54) is 19.3 Å². The van der Waals surface area contributed by atoms with E-state index in [1.807, 2.05) is 6.92 Å². The number of hydrogen-bond acceptors (Lipinski definition) is 3. The Balaban J connectivity index is 2.27. The van der Waals surface area contributed by atoms with Gasteiger partial charge in [-0.05, 0) is 19.8 Å². The van der Waals surface area contributed by atoms with Crippen molar-refractivity contribution in [1.82, 2.24) is 4.98 Å². The van der Waals surface area contributed by atoms with Crippen LogP contribution in [-0.4, -0.2) is 10.1 Å². The van der Waals surface area contributed by atoms with Crippen LogP contribution in [0.1, 0.15) is 56.4 Å². The number of aliphatic hydroxyl groups excluding tert-OH is 1. The van der Waals surface area contributed by atoms with Gasteiger partial charge in [0.05, 0.1) is 6.61 Å². The summed E-state index contributed by atoms with van der Waals surface area (Å²) < 4.78 is 5.68. The molecular formula is C12H19NO2. The third kappa shape index (κ3) is 1.93. The summed E-state index contributed by atoms with van der Waals surface area (Å²) in [4.78, 5) is 4.41. The average molecular weight is 209 g/mol. The van der Waals surface area contributed by atoms with Crippen LogP contribution in [0.15, 0.2) is 4.42 Å². The fraction of sp³-hybridized carbons (Fsp3) is 0.750. The van der Waals surface area contributed by atoms with E-state index in [2.05, 4.69) is 11.9 Å². The van der Waals surface area contributed by atoms with Crippen LogP contribution in [0, 0.1) is 6.92 Å². The van der Waals surface area contributed by atoms with Crippen molar-refractivity contribution in [1.29, 1.82) is 0 Å². The first kappa shape index (κ1) is 10.7. The molecule has 0 unspecified atom stereocenters. The topological polar surface area (TPSA) is 46.3 Å². The smallest absolute Gasteiger partial charge is 0.200 e. The van der Waals surface area contributed by atoms with E-state index in [1.54, 1.807) is 0 Å². The molecule has 1 aromatic heterocycles. The molecule has 0 saturated heterocycles. The van der Waals surface area contributed by atoms with Crippen LogP contribution in [0.4, 0.5) is 0 Å². The zero-order valence-corrected chi connectivity index (χ0v) is 9.55. The molecule has 0 atom stereocenters. The monoisotopic (exact) mass is 209 g/mol. The van der Waals surface area contributed by atoms with Gasteiger partial charge < -0.3 is 9.52 Å². The van der Waals surface area contributed by atoms with E-state index in [0.29, 0.717) is 5.69 Å². The normalized spacial score (nSPS) is 20.5. The second-order valence-corrected chi connectivity index (χ2v) is 4.80. The van der Waals surface area contributed by atoms with E-state index in [4.69, 9.17) is 9.52 Å². The van der Waals surface area contributed by atoms with Crippen molar-refractivity contribution in [2.75, 3.05) is 0 Å². The van der Waals surface area contributed by atoms with Crippen molar-refractivity contribution in [3.8, 4) is 0 Å². The second kappa shape index (κ2) is 3.97. The third-order valence-corrected chi connectivity index (χ3v) is 3.52. The van der Waals surface area contributed by atoms with Crippen molar-refractivity contribution >= 4 is 0 Å². The molecule has 0 spiro atoms. The van der Waals surface area contributed by atoms with Crippen LogP contribution in [0.5, 0.6) is 0 Å². The van der Waals surface area contributed by atoms with Gasteiger partial charge in [-0.25, -0.2) is 4.98 Å².